The summed E-state index contributed by atoms with van der Waals surface area (Å²) in [4.78, 5) is 23.5. The van der Waals surface area contributed by atoms with Gasteiger partial charge in [-0.2, -0.15) is 0 Å². The van der Waals surface area contributed by atoms with Crippen LogP contribution in [0.2, 0.25) is 0 Å². The second-order valence-corrected chi connectivity index (χ2v) is 5.77. The van der Waals surface area contributed by atoms with Crippen LogP contribution in [0.1, 0.15) is 47.7 Å². The number of hydrogen-bond donors (Lipinski definition) is 2. The summed E-state index contributed by atoms with van der Waals surface area (Å²) in [6.07, 6.45) is 3.10. The Hall–Kier alpha value is -1.84. The molecule has 1 fully saturated rings. The van der Waals surface area contributed by atoms with Crippen molar-refractivity contribution in [2.24, 2.45) is 11.8 Å². The van der Waals surface area contributed by atoms with Gasteiger partial charge in [-0.25, -0.2) is 4.79 Å². The molecule has 1 amide bonds. The summed E-state index contributed by atoms with van der Waals surface area (Å²) in [5, 5.41) is 12.1. The van der Waals surface area contributed by atoms with Crippen LogP contribution in [0.15, 0.2) is 12.1 Å². The minimum Gasteiger partial charge on any atom is -0.478 e. The highest BCUT2D eigenvalue weighted by molar-refractivity contribution is 5.96. The molecule has 108 valence electrons. The van der Waals surface area contributed by atoms with E-state index in [1.165, 1.54) is 0 Å². The van der Waals surface area contributed by atoms with E-state index < -0.39 is 5.97 Å². The number of rotatable bonds is 3. The molecule has 1 aliphatic carbocycles. The maximum Gasteiger partial charge on any atom is 0.336 e. The number of carboxylic acid groups (broad SMARTS) is 1. The summed E-state index contributed by atoms with van der Waals surface area (Å²) in [5.74, 6) is -0.504. The van der Waals surface area contributed by atoms with E-state index >= 15 is 0 Å². The molecule has 2 unspecified atom stereocenters. The fraction of sp³-hybridized carbons (Fsp3) is 0.500. The molecule has 2 N–H and O–H groups in total. The Kier molecular flexibility index (Phi) is 4.12. The Morgan fingerprint density at radius 1 is 1.25 bits per heavy atom. The Bertz CT molecular complexity index is 551. The van der Waals surface area contributed by atoms with Crippen LogP contribution in [0.25, 0.3) is 0 Å². The van der Waals surface area contributed by atoms with Gasteiger partial charge in [0.15, 0.2) is 0 Å². The van der Waals surface area contributed by atoms with Gasteiger partial charge in [-0.15, -0.1) is 0 Å². The third-order valence-electron chi connectivity index (χ3n) is 4.36. The van der Waals surface area contributed by atoms with E-state index in [2.05, 4.69) is 12.2 Å². The zero-order chi connectivity index (χ0) is 14.9. The summed E-state index contributed by atoms with van der Waals surface area (Å²) in [6, 6.07) is 3.38. The highest BCUT2D eigenvalue weighted by Gasteiger charge is 2.29. The van der Waals surface area contributed by atoms with Crippen LogP contribution in [-0.2, 0) is 4.79 Å². The Labute approximate surface area is 119 Å². The van der Waals surface area contributed by atoms with E-state index in [0.29, 0.717) is 11.6 Å². The van der Waals surface area contributed by atoms with E-state index in [1.54, 1.807) is 13.0 Å². The van der Waals surface area contributed by atoms with Crippen molar-refractivity contribution >= 4 is 17.6 Å². The summed E-state index contributed by atoms with van der Waals surface area (Å²) in [5.41, 5.74) is 2.44. The molecular formula is C16H21NO3. The molecule has 0 spiro atoms. The molecule has 2 rings (SSSR count). The Balaban J connectivity index is 2.21. The van der Waals surface area contributed by atoms with Gasteiger partial charge in [0, 0.05) is 11.6 Å². The van der Waals surface area contributed by atoms with Crippen LogP contribution < -0.4 is 5.32 Å². The van der Waals surface area contributed by atoms with Crippen molar-refractivity contribution < 1.29 is 14.7 Å². The number of carbonyl (C=O) groups excluding carboxylic acids is 1. The number of anilines is 1. The first-order valence-electron chi connectivity index (χ1n) is 7.05. The van der Waals surface area contributed by atoms with Crippen molar-refractivity contribution in [3.05, 3.63) is 28.8 Å². The molecule has 0 heterocycles. The monoisotopic (exact) mass is 275 g/mol. The van der Waals surface area contributed by atoms with Crippen LogP contribution in [0.4, 0.5) is 5.69 Å². The maximum absolute atomic E-state index is 12.2. The highest BCUT2D eigenvalue weighted by Crippen LogP contribution is 2.32. The predicted octanol–water partition coefficient (Wildman–Crippen LogP) is 3.38. The van der Waals surface area contributed by atoms with Gasteiger partial charge in [-0.05, 0) is 55.9 Å². The van der Waals surface area contributed by atoms with E-state index in [1.807, 2.05) is 13.0 Å². The van der Waals surface area contributed by atoms with Gasteiger partial charge < -0.3 is 10.4 Å². The predicted molar refractivity (Wildman–Crippen MR) is 78.0 cm³/mol. The molecule has 0 aromatic heterocycles. The number of aromatic carboxylic acids is 1. The second-order valence-electron chi connectivity index (χ2n) is 5.77. The SMILES string of the molecule is Cc1cc(NC(=O)C2CCCC2C)cc(C(=O)O)c1C. The molecule has 0 bridgehead atoms. The minimum atomic E-state index is -0.962. The van der Waals surface area contributed by atoms with Gasteiger partial charge in [0.25, 0.3) is 0 Å². The quantitative estimate of drug-likeness (QED) is 0.888. The molecule has 4 heteroatoms. The standard InChI is InChI=1S/C16H21NO3/c1-9-5-4-6-13(9)15(18)17-12-7-10(2)11(3)14(8-12)16(19)20/h7-9,13H,4-6H2,1-3H3,(H,17,18)(H,19,20). The number of amides is 1. The fourth-order valence-corrected chi connectivity index (χ4v) is 2.92. The second kappa shape index (κ2) is 5.65. The average Bonchev–Trinajstić information content (AvgIpc) is 2.79. The van der Waals surface area contributed by atoms with Crippen molar-refractivity contribution in [1.29, 1.82) is 0 Å². The largest absolute Gasteiger partial charge is 0.478 e. The maximum atomic E-state index is 12.2. The molecule has 0 saturated heterocycles. The Morgan fingerprint density at radius 2 is 1.95 bits per heavy atom. The minimum absolute atomic E-state index is 0.00888. The number of aryl methyl sites for hydroxylation is 1. The van der Waals surface area contributed by atoms with Gasteiger partial charge >= 0.3 is 5.97 Å². The lowest BCUT2D eigenvalue weighted by Gasteiger charge is -2.16. The molecule has 2 atom stereocenters. The molecule has 0 aliphatic heterocycles. The van der Waals surface area contributed by atoms with Crippen LogP contribution in [-0.4, -0.2) is 17.0 Å². The van der Waals surface area contributed by atoms with Crippen molar-refractivity contribution in [2.75, 3.05) is 5.32 Å². The average molecular weight is 275 g/mol. The number of benzene rings is 1. The number of hydrogen-bond acceptors (Lipinski definition) is 2. The van der Waals surface area contributed by atoms with Crippen LogP contribution in [0.5, 0.6) is 0 Å². The van der Waals surface area contributed by atoms with Gasteiger partial charge in [0.1, 0.15) is 0 Å². The lowest BCUT2D eigenvalue weighted by Crippen LogP contribution is -2.24. The van der Waals surface area contributed by atoms with Crippen LogP contribution >= 0.6 is 0 Å². The number of nitrogens with one attached hydrogen (secondary N) is 1. The van der Waals surface area contributed by atoms with Crippen molar-refractivity contribution in [3.8, 4) is 0 Å². The highest BCUT2D eigenvalue weighted by atomic mass is 16.4. The molecule has 0 radical (unpaired) electrons. The topological polar surface area (TPSA) is 66.4 Å². The molecule has 1 aromatic rings. The van der Waals surface area contributed by atoms with Crippen LogP contribution in [0, 0.1) is 25.7 Å². The van der Waals surface area contributed by atoms with Gasteiger partial charge in [-0.3, -0.25) is 4.79 Å². The van der Waals surface area contributed by atoms with Gasteiger partial charge in [0.2, 0.25) is 5.91 Å². The molecule has 1 aliphatic rings. The fourth-order valence-electron chi connectivity index (χ4n) is 2.92. The van der Waals surface area contributed by atoms with E-state index in [9.17, 15) is 14.7 Å². The lowest BCUT2D eigenvalue weighted by atomic mass is 9.96. The zero-order valence-electron chi connectivity index (χ0n) is 12.2. The van der Waals surface area contributed by atoms with Crippen molar-refractivity contribution in [2.45, 2.75) is 40.0 Å². The first-order chi connectivity index (χ1) is 9.40. The first kappa shape index (κ1) is 14.6. The molecule has 1 saturated carbocycles. The summed E-state index contributed by atoms with van der Waals surface area (Å²) < 4.78 is 0. The number of carbonyl (C=O) groups is 2. The third kappa shape index (κ3) is 2.84. The third-order valence-corrected chi connectivity index (χ3v) is 4.36. The van der Waals surface area contributed by atoms with Gasteiger partial charge in [-0.1, -0.05) is 13.3 Å². The molecule has 1 aromatic carbocycles. The zero-order valence-corrected chi connectivity index (χ0v) is 12.2. The van der Waals surface area contributed by atoms with E-state index in [4.69, 9.17) is 0 Å². The normalized spacial score (nSPS) is 21.8. The molecular weight excluding hydrogens is 254 g/mol. The molecule has 4 nitrogen and oxygen atoms in total. The number of carboxylic acids is 1. The van der Waals surface area contributed by atoms with Crippen molar-refractivity contribution in [1.82, 2.24) is 0 Å². The summed E-state index contributed by atoms with van der Waals surface area (Å²) in [7, 11) is 0. The van der Waals surface area contributed by atoms with Crippen LogP contribution in [0.3, 0.4) is 0 Å². The van der Waals surface area contributed by atoms with Gasteiger partial charge in [0.05, 0.1) is 5.56 Å². The Morgan fingerprint density at radius 3 is 2.50 bits per heavy atom. The van der Waals surface area contributed by atoms with E-state index in [0.717, 1.165) is 30.4 Å². The summed E-state index contributed by atoms with van der Waals surface area (Å²) in [6.45, 7) is 5.74. The van der Waals surface area contributed by atoms with Crippen molar-refractivity contribution in [3.63, 3.8) is 0 Å². The first-order valence-corrected chi connectivity index (χ1v) is 7.05. The smallest absolute Gasteiger partial charge is 0.336 e. The van der Waals surface area contributed by atoms with E-state index in [-0.39, 0.29) is 17.4 Å². The molecule has 20 heavy (non-hydrogen) atoms. The summed E-state index contributed by atoms with van der Waals surface area (Å²) >= 11 is 0. The lowest BCUT2D eigenvalue weighted by molar-refractivity contribution is -0.120.